The molecule has 1 N–H and O–H groups in total. The normalized spacial score (nSPS) is 12.3. The third-order valence-corrected chi connectivity index (χ3v) is 4.49. The van der Waals surface area contributed by atoms with Gasteiger partial charge in [0.15, 0.2) is 0 Å². The SMILES string of the molecule is Oc1ccc(Br)cc1/C=N/N=C1c2ccccc2-c2ccccc21. The van der Waals surface area contributed by atoms with Crippen LogP contribution in [0.1, 0.15) is 16.7 Å². The van der Waals surface area contributed by atoms with Crippen LogP contribution < -0.4 is 0 Å². The molecule has 1 aliphatic rings. The number of rotatable bonds is 2. The summed E-state index contributed by atoms with van der Waals surface area (Å²) in [6.45, 7) is 0. The van der Waals surface area contributed by atoms with Crippen LogP contribution in [-0.2, 0) is 0 Å². The van der Waals surface area contributed by atoms with E-state index in [0.717, 1.165) is 21.3 Å². The summed E-state index contributed by atoms with van der Waals surface area (Å²) in [6.07, 6.45) is 1.57. The van der Waals surface area contributed by atoms with Crippen molar-refractivity contribution in [1.29, 1.82) is 0 Å². The van der Waals surface area contributed by atoms with Crippen LogP contribution in [0.2, 0.25) is 0 Å². The lowest BCUT2D eigenvalue weighted by Crippen LogP contribution is -1.97. The van der Waals surface area contributed by atoms with Gasteiger partial charge in [0.2, 0.25) is 0 Å². The second kappa shape index (κ2) is 6.06. The van der Waals surface area contributed by atoms with E-state index >= 15 is 0 Å². The van der Waals surface area contributed by atoms with Crippen LogP contribution in [0.15, 0.2) is 81.4 Å². The lowest BCUT2D eigenvalue weighted by atomic mass is 10.1. The molecule has 0 heterocycles. The standard InChI is InChI=1S/C20H13BrN2O/c21-14-9-10-19(24)13(11-14)12-22-23-20-17-7-3-1-5-15(17)16-6-2-4-8-18(16)20/h1-12,24H/b22-12+. The van der Waals surface area contributed by atoms with E-state index in [2.05, 4.69) is 50.4 Å². The Balaban J connectivity index is 1.77. The van der Waals surface area contributed by atoms with Crippen molar-refractivity contribution in [3.05, 3.63) is 87.9 Å². The number of halogens is 1. The minimum Gasteiger partial charge on any atom is -0.507 e. The minimum absolute atomic E-state index is 0.175. The predicted octanol–water partition coefficient (Wildman–Crippen LogP) is 5.01. The minimum atomic E-state index is 0.175. The molecular weight excluding hydrogens is 364 g/mol. The highest BCUT2D eigenvalue weighted by molar-refractivity contribution is 9.10. The number of aromatic hydroxyl groups is 1. The van der Waals surface area contributed by atoms with Crippen LogP contribution in [0.4, 0.5) is 0 Å². The van der Waals surface area contributed by atoms with E-state index in [4.69, 9.17) is 0 Å². The summed E-state index contributed by atoms with van der Waals surface area (Å²) < 4.78 is 0.881. The van der Waals surface area contributed by atoms with Gasteiger partial charge in [0.05, 0.1) is 6.21 Å². The molecule has 4 rings (SSSR count). The summed E-state index contributed by atoms with van der Waals surface area (Å²) in [4.78, 5) is 0. The van der Waals surface area contributed by atoms with Gasteiger partial charge in [-0.3, -0.25) is 0 Å². The maximum absolute atomic E-state index is 9.88. The predicted molar refractivity (Wildman–Crippen MR) is 101 cm³/mol. The summed E-state index contributed by atoms with van der Waals surface area (Å²) in [5.74, 6) is 0.175. The first-order chi connectivity index (χ1) is 11.7. The average Bonchev–Trinajstić information content (AvgIpc) is 2.93. The van der Waals surface area contributed by atoms with Gasteiger partial charge in [-0.2, -0.15) is 5.10 Å². The van der Waals surface area contributed by atoms with E-state index in [9.17, 15) is 5.11 Å². The van der Waals surface area contributed by atoms with E-state index < -0.39 is 0 Å². The molecule has 1 aliphatic carbocycles. The molecule has 116 valence electrons. The lowest BCUT2D eigenvalue weighted by Gasteiger charge is -1.99. The zero-order valence-corrected chi connectivity index (χ0v) is 14.2. The van der Waals surface area contributed by atoms with E-state index in [1.54, 1.807) is 24.4 Å². The van der Waals surface area contributed by atoms with Crippen LogP contribution in [0.5, 0.6) is 5.75 Å². The van der Waals surface area contributed by atoms with Crippen molar-refractivity contribution in [2.45, 2.75) is 0 Å². The highest BCUT2D eigenvalue weighted by atomic mass is 79.9. The van der Waals surface area contributed by atoms with E-state index in [1.165, 1.54) is 11.1 Å². The van der Waals surface area contributed by atoms with Gasteiger partial charge in [-0.15, -0.1) is 5.10 Å². The molecule has 0 bridgehead atoms. The topological polar surface area (TPSA) is 45.0 Å². The van der Waals surface area contributed by atoms with Crippen LogP contribution in [0, 0.1) is 0 Å². The number of hydrogen-bond donors (Lipinski definition) is 1. The molecule has 3 aromatic carbocycles. The molecule has 3 nitrogen and oxygen atoms in total. The molecule has 0 aliphatic heterocycles. The Kier molecular flexibility index (Phi) is 3.75. The van der Waals surface area contributed by atoms with Crippen LogP contribution in [-0.4, -0.2) is 17.0 Å². The van der Waals surface area contributed by atoms with Crippen molar-refractivity contribution in [1.82, 2.24) is 0 Å². The molecule has 0 radical (unpaired) electrons. The maximum atomic E-state index is 9.88. The number of fused-ring (bicyclic) bond motifs is 3. The van der Waals surface area contributed by atoms with Gasteiger partial charge >= 0.3 is 0 Å². The molecule has 0 spiro atoms. The van der Waals surface area contributed by atoms with Gasteiger partial charge in [0.1, 0.15) is 11.5 Å². The fraction of sp³-hybridized carbons (Fsp3) is 0. The number of hydrogen-bond acceptors (Lipinski definition) is 3. The largest absolute Gasteiger partial charge is 0.507 e. The van der Waals surface area contributed by atoms with Crippen molar-refractivity contribution in [3.8, 4) is 16.9 Å². The molecule has 0 saturated heterocycles. The summed E-state index contributed by atoms with van der Waals surface area (Å²) in [5, 5.41) is 18.5. The molecule has 0 atom stereocenters. The third-order valence-electron chi connectivity index (χ3n) is 4.00. The zero-order valence-electron chi connectivity index (χ0n) is 12.6. The monoisotopic (exact) mass is 376 g/mol. The number of benzene rings is 3. The second-order valence-corrected chi connectivity index (χ2v) is 6.40. The Hall–Kier alpha value is -2.72. The summed E-state index contributed by atoms with van der Waals surface area (Å²) in [6, 6.07) is 21.6. The highest BCUT2D eigenvalue weighted by Crippen LogP contribution is 2.36. The fourth-order valence-electron chi connectivity index (χ4n) is 2.88. The van der Waals surface area contributed by atoms with Crippen molar-refractivity contribution in [3.63, 3.8) is 0 Å². The van der Waals surface area contributed by atoms with Crippen molar-refractivity contribution in [2.75, 3.05) is 0 Å². The number of phenolic OH excluding ortho intramolecular Hbond substituents is 1. The van der Waals surface area contributed by atoms with Gasteiger partial charge in [-0.1, -0.05) is 64.5 Å². The fourth-order valence-corrected chi connectivity index (χ4v) is 3.26. The Morgan fingerprint density at radius 1 is 0.792 bits per heavy atom. The van der Waals surface area contributed by atoms with Crippen molar-refractivity contribution in [2.24, 2.45) is 10.2 Å². The first kappa shape index (κ1) is 14.8. The van der Waals surface area contributed by atoms with Gasteiger partial charge < -0.3 is 5.11 Å². The van der Waals surface area contributed by atoms with Gasteiger partial charge in [0, 0.05) is 21.2 Å². The first-order valence-electron chi connectivity index (χ1n) is 7.53. The second-order valence-electron chi connectivity index (χ2n) is 5.49. The third kappa shape index (κ3) is 2.55. The first-order valence-corrected chi connectivity index (χ1v) is 8.32. The zero-order chi connectivity index (χ0) is 16.5. The summed E-state index contributed by atoms with van der Waals surface area (Å²) in [5.41, 5.74) is 5.98. The van der Waals surface area contributed by atoms with Crippen molar-refractivity contribution < 1.29 is 5.11 Å². The van der Waals surface area contributed by atoms with Crippen molar-refractivity contribution >= 4 is 27.9 Å². The Bertz CT molecular complexity index is 945. The average molecular weight is 377 g/mol. The van der Waals surface area contributed by atoms with Gasteiger partial charge in [-0.05, 0) is 29.3 Å². The maximum Gasteiger partial charge on any atom is 0.124 e. The number of nitrogens with zero attached hydrogens (tertiary/aromatic N) is 2. The Labute approximate surface area is 148 Å². The summed E-state index contributed by atoms with van der Waals surface area (Å²) in [7, 11) is 0. The van der Waals surface area contributed by atoms with E-state index in [1.807, 2.05) is 24.3 Å². The van der Waals surface area contributed by atoms with Crippen LogP contribution >= 0.6 is 15.9 Å². The highest BCUT2D eigenvalue weighted by Gasteiger charge is 2.23. The Morgan fingerprint density at radius 2 is 1.38 bits per heavy atom. The van der Waals surface area contributed by atoms with E-state index in [-0.39, 0.29) is 5.75 Å². The summed E-state index contributed by atoms with van der Waals surface area (Å²) >= 11 is 3.39. The van der Waals surface area contributed by atoms with Gasteiger partial charge in [-0.25, -0.2) is 0 Å². The van der Waals surface area contributed by atoms with Gasteiger partial charge in [0.25, 0.3) is 0 Å². The molecule has 0 aromatic heterocycles. The molecule has 24 heavy (non-hydrogen) atoms. The smallest absolute Gasteiger partial charge is 0.124 e. The molecule has 4 heteroatoms. The number of phenols is 1. The molecule has 0 saturated carbocycles. The lowest BCUT2D eigenvalue weighted by molar-refractivity contribution is 0.474. The molecule has 0 amide bonds. The van der Waals surface area contributed by atoms with E-state index in [0.29, 0.717) is 5.56 Å². The molecule has 3 aromatic rings. The molecular formula is C20H13BrN2O. The molecule has 0 unspecified atom stereocenters. The Morgan fingerprint density at radius 3 is 2.00 bits per heavy atom. The van der Waals surface area contributed by atoms with Crippen LogP contribution in [0.25, 0.3) is 11.1 Å². The quantitative estimate of drug-likeness (QED) is 0.388. The van der Waals surface area contributed by atoms with Crippen LogP contribution in [0.3, 0.4) is 0 Å². The molecule has 0 fully saturated rings.